The van der Waals surface area contributed by atoms with E-state index in [1.54, 1.807) is 24.3 Å². The van der Waals surface area contributed by atoms with Crippen LogP contribution in [0.5, 0.6) is 11.6 Å². The number of fused-ring (bicyclic) bond motifs is 1. The summed E-state index contributed by atoms with van der Waals surface area (Å²) in [6.07, 6.45) is 1.49. The van der Waals surface area contributed by atoms with E-state index in [0.717, 1.165) is 0 Å². The molecule has 2 heterocycles. The SMILES string of the molecule is N#Cc1ccc(Oc2nc(N)nc3nc[nH]c23)cc1. The predicted octanol–water partition coefficient (Wildman–Crippen LogP) is 1.60. The second-order valence-corrected chi connectivity index (χ2v) is 3.73. The number of nitrogens with two attached hydrogens (primary N) is 1. The fraction of sp³-hybridized carbons (Fsp3) is 0. The van der Waals surface area contributed by atoms with E-state index in [1.165, 1.54) is 6.33 Å². The van der Waals surface area contributed by atoms with E-state index < -0.39 is 0 Å². The molecule has 92 valence electrons. The Kier molecular flexibility index (Phi) is 2.47. The van der Waals surface area contributed by atoms with E-state index in [2.05, 4.69) is 19.9 Å². The van der Waals surface area contributed by atoms with Crippen LogP contribution in [-0.2, 0) is 0 Å². The third-order valence-corrected chi connectivity index (χ3v) is 2.47. The molecule has 3 N–H and O–H groups in total. The Hall–Kier alpha value is -3.14. The molecule has 0 aliphatic heterocycles. The van der Waals surface area contributed by atoms with Crippen LogP contribution >= 0.6 is 0 Å². The Balaban J connectivity index is 2.00. The number of nitrogen functional groups attached to an aromatic ring is 1. The van der Waals surface area contributed by atoms with Crippen LogP contribution in [0, 0.1) is 11.3 Å². The van der Waals surface area contributed by atoms with Crippen LogP contribution < -0.4 is 10.5 Å². The second kappa shape index (κ2) is 4.27. The average Bonchev–Trinajstić information content (AvgIpc) is 2.88. The molecule has 0 spiro atoms. The average molecular weight is 252 g/mol. The molecule has 0 aliphatic rings. The molecule has 0 saturated heterocycles. The number of nitrogens with one attached hydrogen (secondary N) is 1. The van der Waals surface area contributed by atoms with Crippen LogP contribution in [0.3, 0.4) is 0 Å². The lowest BCUT2D eigenvalue weighted by molar-refractivity contribution is 0.468. The summed E-state index contributed by atoms with van der Waals surface area (Å²) in [7, 11) is 0. The minimum absolute atomic E-state index is 0.0863. The first kappa shape index (κ1) is 11.0. The van der Waals surface area contributed by atoms with Crippen molar-refractivity contribution in [3.8, 4) is 17.7 Å². The van der Waals surface area contributed by atoms with Gasteiger partial charge in [0.1, 0.15) is 11.3 Å². The van der Waals surface area contributed by atoms with Gasteiger partial charge in [-0.25, -0.2) is 4.98 Å². The number of benzene rings is 1. The molecule has 7 heteroatoms. The van der Waals surface area contributed by atoms with Gasteiger partial charge in [-0.05, 0) is 24.3 Å². The molecule has 0 fully saturated rings. The molecule has 0 radical (unpaired) electrons. The molecule has 2 aromatic heterocycles. The summed E-state index contributed by atoms with van der Waals surface area (Å²) >= 11 is 0. The summed E-state index contributed by atoms with van der Waals surface area (Å²) in [6, 6.07) is 8.71. The van der Waals surface area contributed by atoms with Crippen molar-refractivity contribution < 1.29 is 4.74 Å². The summed E-state index contributed by atoms with van der Waals surface area (Å²) in [5, 5.41) is 8.73. The van der Waals surface area contributed by atoms with Gasteiger partial charge >= 0.3 is 0 Å². The van der Waals surface area contributed by atoms with Crippen molar-refractivity contribution >= 4 is 17.1 Å². The Morgan fingerprint density at radius 3 is 2.74 bits per heavy atom. The zero-order valence-corrected chi connectivity index (χ0v) is 9.66. The molecule has 0 aliphatic carbocycles. The van der Waals surface area contributed by atoms with Crippen LogP contribution in [0.1, 0.15) is 5.56 Å². The molecule has 3 aromatic rings. The van der Waals surface area contributed by atoms with Crippen LogP contribution in [-0.4, -0.2) is 19.9 Å². The standard InChI is InChI=1S/C12H8N6O/c13-5-7-1-3-8(4-2-7)19-11-9-10(16-6-15-9)17-12(14)18-11/h1-4,6H,(H3,14,15,16,17,18). The van der Waals surface area contributed by atoms with Crippen LogP contribution in [0.4, 0.5) is 5.95 Å². The van der Waals surface area contributed by atoms with Gasteiger partial charge in [0.2, 0.25) is 5.95 Å². The fourth-order valence-electron chi connectivity index (χ4n) is 1.61. The molecule has 19 heavy (non-hydrogen) atoms. The number of hydrogen-bond acceptors (Lipinski definition) is 6. The Morgan fingerprint density at radius 1 is 1.21 bits per heavy atom. The number of rotatable bonds is 2. The number of aromatic nitrogens is 4. The zero-order chi connectivity index (χ0) is 13.2. The highest BCUT2D eigenvalue weighted by Gasteiger charge is 2.10. The number of aromatic amines is 1. The Bertz CT molecular complexity index is 771. The molecule has 1 aromatic carbocycles. The summed E-state index contributed by atoms with van der Waals surface area (Å²) < 4.78 is 5.62. The number of hydrogen-bond donors (Lipinski definition) is 2. The number of ether oxygens (including phenoxy) is 1. The van der Waals surface area contributed by atoms with E-state index >= 15 is 0 Å². The third kappa shape index (κ3) is 2.02. The summed E-state index contributed by atoms with van der Waals surface area (Å²) in [5.74, 6) is 0.931. The summed E-state index contributed by atoms with van der Waals surface area (Å²) in [5.41, 5.74) is 7.15. The lowest BCUT2D eigenvalue weighted by Crippen LogP contribution is -1.98. The van der Waals surface area contributed by atoms with Gasteiger partial charge in [-0.2, -0.15) is 15.2 Å². The van der Waals surface area contributed by atoms with Gasteiger partial charge in [0.15, 0.2) is 5.65 Å². The maximum atomic E-state index is 8.73. The highest BCUT2D eigenvalue weighted by molar-refractivity contribution is 5.77. The normalized spacial score (nSPS) is 10.3. The Labute approximate surface area is 107 Å². The quantitative estimate of drug-likeness (QED) is 0.716. The fourth-order valence-corrected chi connectivity index (χ4v) is 1.61. The van der Waals surface area contributed by atoms with E-state index in [4.69, 9.17) is 15.7 Å². The predicted molar refractivity (Wildman–Crippen MR) is 67.3 cm³/mol. The Morgan fingerprint density at radius 2 is 2.00 bits per heavy atom. The minimum Gasteiger partial charge on any atom is -0.437 e. The molecule has 0 atom stereocenters. The first-order valence-corrected chi connectivity index (χ1v) is 5.41. The first-order chi connectivity index (χ1) is 9.26. The van der Waals surface area contributed by atoms with Crippen molar-refractivity contribution in [1.29, 1.82) is 5.26 Å². The highest BCUT2D eigenvalue weighted by atomic mass is 16.5. The smallest absolute Gasteiger partial charge is 0.250 e. The van der Waals surface area contributed by atoms with Gasteiger partial charge in [-0.1, -0.05) is 0 Å². The van der Waals surface area contributed by atoms with Gasteiger partial charge in [0.25, 0.3) is 5.88 Å². The monoisotopic (exact) mass is 252 g/mol. The molecule has 0 amide bonds. The number of H-pyrrole nitrogens is 1. The van der Waals surface area contributed by atoms with Gasteiger partial charge < -0.3 is 15.5 Å². The van der Waals surface area contributed by atoms with Crippen molar-refractivity contribution in [2.75, 3.05) is 5.73 Å². The number of nitrogens with zero attached hydrogens (tertiary/aromatic N) is 4. The van der Waals surface area contributed by atoms with Crippen molar-refractivity contribution in [2.24, 2.45) is 0 Å². The molecule has 0 bridgehead atoms. The maximum absolute atomic E-state index is 8.73. The van der Waals surface area contributed by atoms with Crippen molar-refractivity contribution in [2.45, 2.75) is 0 Å². The van der Waals surface area contributed by atoms with Crippen LogP contribution in [0.15, 0.2) is 30.6 Å². The molecule has 3 rings (SSSR count). The molecule has 0 saturated carbocycles. The molecule has 7 nitrogen and oxygen atoms in total. The summed E-state index contributed by atoms with van der Waals surface area (Å²) in [6.45, 7) is 0. The van der Waals surface area contributed by atoms with Gasteiger partial charge in [-0.15, -0.1) is 0 Å². The van der Waals surface area contributed by atoms with Crippen LogP contribution in [0.2, 0.25) is 0 Å². The lowest BCUT2D eigenvalue weighted by atomic mass is 10.2. The molecular formula is C12H8N6O. The first-order valence-electron chi connectivity index (χ1n) is 5.41. The van der Waals surface area contributed by atoms with E-state index in [1.807, 2.05) is 6.07 Å². The maximum Gasteiger partial charge on any atom is 0.250 e. The van der Waals surface area contributed by atoms with Gasteiger partial charge in [-0.3, -0.25) is 0 Å². The zero-order valence-electron chi connectivity index (χ0n) is 9.66. The van der Waals surface area contributed by atoms with Gasteiger partial charge in [0, 0.05) is 0 Å². The van der Waals surface area contributed by atoms with Crippen molar-refractivity contribution in [3.05, 3.63) is 36.2 Å². The van der Waals surface area contributed by atoms with E-state index in [-0.39, 0.29) is 5.95 Å². The molecular weight excluding hydrogens is 244 g/mol. The topological polar surface area (TPSA) is 114 Å². The third-order valence-electron chi connectivity index (χ3n) is 2.47. The number of imidazole rings is 1. The number of anilines is 1. The highest BCUT2D eigenvalue weighted by Crippen LogP contribution is 2.25. The lowest BCUT2D eigenvalue weighted by Gasteiger charge is -2.05. The minimum atomic E-state index is 0.0863. The largest absolute Gasteiger partial charge is 0.437 e. The van der Waals surface area contributed by atoms with Crippen molar-refractivity contribution in [3.63, 3.8) is 0 Å². The van der Waals surface area contributed by atoms with E-state index in [9.17, 15) is 0 Å². The van der Waals surface area contributed by atoms with Crippen molar-refractivity contribution in [1.82, 2.24) is 19.9 Å². The summed E-state index contributed by atoms with van der Waals surface area (Å²) in [4.78, 5) is 14.9. The number of nitriles is 1. The molecule has 0 unspecified atom stereocenters. The second-order valence-electron chi connectivity index (χ2n) is 3.73. The van der Waals surface area contributed by atoms with Gasteiger partial charge in [0.05, 0.1) is 18.0 Å². The van der Waals surface area contributed by atoms with E-state index in [0.29, 0.717) is 28.4 Å². The van der Waals surface area contributed by atoms with Crippen LogP contribution in [0.25, 0.3) is 11.2 Å².